The van der Waals surface area contributed by atoms with Gasteiger partial charge in [0.2, 0.25) is 10.9 Å². The summed E-state index contributed by atoms with van der Waals surface area (Å²) in [5.74, 6) is 0. The van der Waals surface area contributed by atoms with Crippen LogP contribution in [0.5, 0.6) is 0 Å². The van der Waals surface area contributed by atoms with E-state index >= 15 is 0 Å². The summed E-state index contributed by atoms with van der Waals surface area (Å²) in [5.41, 5.74) is 0.858. The topological polar surface area (TPSA) is 49.7 Å². The lowest BCUT2D eigenvalue weighted by Gasteiger charge is -1.89. The summed E-state index contributed by atoms with van der Waals surface area (Å²) < 4.78 is 21.7. The highest BCUT2D eigenvalue weighted by atomic mass is 32.2. The highest BCUT2D eigenvalue weighted by Crippen LogP contribution is 2.36. The Kier molecular flexibility index (Phi) is 1.84. The summed E-state index contributed by atoms with van der Waals surface area (Å²) in [6.07, 6.45) is -0.396. The molecule has 12 heavy (non-hydrogen) atoms. The molecule has 64 valence electrons. The van der Waals surface area contributed by atoms with Gasteiger partial charge in [0.15, 0.2) is 6.23 Å². The third-order valence-electron chi connectivity index (χ3n) is 1.61. The van der Waals surface area contributed by atoms with Crippen molar-refractivity contribution in [3.05, 3.63) is 35.9 Å². The van der Waals surface area contributed by atoms with Gasteiger partial charge in [-0.2, -0.15) is 0 Å². The zero-order valence-corrected chi connectivity index (χ0v) is 6.98. The van der Waals surface area contributed by atoms with Crippen LogP contribution in [0.15, 0.2) is 30.3 Å². The van der Waals surface area contributed by atoms with Crippen molar-refractivity contribution in [1.82, 2.24) is 4.47 Å². The van der Waals surface area contributed by atoms with Crippen molar-refractivity contribution >= 4 is 10.9 Å². The Morgan fingerprint density at radius 3 is 2.42 bits per heavy atom. The second-order valence-corrected chi connectivity index (χ2v) is 3.28. The van der Waals surface area contributed by atoms with E-state index in [2.05, 4.69) is 0 Å². The molecule has 1 fully saturated rings. The molecule has 0 saturated carbocycles. The largest absolute Gasteiger partial charge is 0.254 e. The molecule has 2 atom stereocenters. The van der Waals surface area contributed by atoms with Crippen LogP contribution in [0.1, 0.15) is 11.8 Å². The third-order valence-corrected chi connectivity index (χ3v) is 2.23. The van der Waals surface area contributed by atoms with E-state index in [1.54, 1.807) is 0 Å². The Labute approximate surface area is 71.4 Å². The second kappa shape index (κ2) is 2.85. The Balaban J connectivity index is 2.16. The van der Waals surface area contributed by atoms with Crippen molar-refractivity contribution in [1.29, 1.82) is 0 Å². The van der Waals surface area contributed by atoms with E-state index in [4.69, 9.17) is 4.84 Å². The van der Waals surface area contributed by atoms with Crippen molar-refractivity contribution < 1.29 is 13.3 Å². The lowest BCUT2D eigenvalue weighted by molar-refractivity contribution is 0.288. The number of benzene rings is 1. The van der Waals surface area contributed by atoms with E-state index in [9.17, 15) is 8.42 Å². The van der Waals surface area contributed by atoms with Gasteiger partial charge in [-0.3, -0.25) is 4.84 Å². The van der Waals surface area contributed by atoms with Gasteiger partial charge in [-0.25, -0.2) is 8.42 Å². The molecular formula is C7H7NO3S. The average Bonchev–Trinajstić information content (AvgIpc) is 2.84. The normalized spacial score (nSPS) is 27.4. The zero-order chi connectivity index (χ0) is 8.55. The molecule has 5 heteroatoms. The first-order chi connectivity index (χ1) is 5.79. The van der Waals surface area contributed by atoms with Crippen LogP contribution in [0, 0.1) is 0 Å². The van der Waals surface area contributed by atoms with Crippen LogP contribution in [0.2, 0.25) is 0 Å². The molecule has 0 amide bonds. The van der Waals surface area contributed by atoms with Gasteiger partial charge in [-0.15, -0.1) is 0 Å². The first-order valence-corrected chi connectivity index (χ1v) is 4.57. The van der Waals surface area contributed by atoms with E-state index in [-0.39, 0.29) is 0 Å². The van der Waals surface area contributed by atoms with Crippen LogP contribution in [-0.4, -0.2) is 12.9 Å². The average molecular weight is 185 g/mol. The number of thiol groups is 1. The van der Waals surface area contributed by atoms with Crippen LogP contribution in [0.25, 0.3) is 0 Å². The summed E-state index contributed by atoms with van der Waals surface area (Å²) in [7, 11) is -2.60. The third kappa shape index (κ3) is 1.34. The molecule has 1 aliphatic rings. The van der Waals surface area contributed by atoms with E-state index < -0.39 is 17.1 Å². The van der Waals surface area contributed by atoms with Gasteiger partial charge in [0, 0.05) is 5.56 Å². The molecule has 4 nitrogen and oxygen atoms in total. The highest BCUT2D eigenvalue weighted by molar-refractivity contribution is 7.69. The summed E-state index contributed by atoms with van der Waals surface area (Å²) in [6, 6.07) is 9.19. The second-order valence-electron chi connectivity index (χ2n) is 2.41. The van der Waals surface area contributed by atoms with Gasteiger partial charge in [0.1, 0.15) is 0 Å². The molecule has 1 aromatic rings. The SMILES string of the molecule is O=[SH](=O)[N@]1O[C@H]1c1ccccc1. The molecule has 1 heterocycles. The van der Waals surface area contributed by atoms with Crippen LogP contribution in [-0.2, 0) is 15.7 Å². The van der Waals surface area contributed by atoms with Crippen molar-refractivity contribution in [3.63, 3.8) is 0 Å². The zero-order valence-electron chi connectivity index (χ0n) is 6.08. The molecule has 0 spiro atoms. The number of hydrogen-bond acceptors (Lipinski definition) is 3. The minimum Gasteiger partial charge on any atom is -0.254 e. The Morgan fingerprint density at radius 1 is 1.25 bits per heavy atom. The van der Waals surface area contributed by atoms with Gasteiger partial charge in [-0.1, -0.05) is 30.3 Å². The maximum absolute atomic E-state index is 10.4. The Bertz CT molecular complexity index is 341. The first-order valence-electron chi connectivity index (χ1n) is 3.44. The van der Waals surface area contributed by atoms with Gasteiger partial charge < -0.3 is 0 Å². The molecule has 0 radical (unpaired) electrons. The molecule has 0 bridgehead atoms. The standard InChI is InChI=1S/C7H7NO3S/c9-12(10)8-7(11-8)6-4-2-1-3-5-6/h1-5,7,12H/t7-,8-/m0/s1. The lowest BCUT2D eigenvalue weighted by Crippen LogP contribution is -1.93. The summed E-state index contributed by atoms with van der Waals surface area (Å²) in [6.45, 7) is 0. The number of hydroxylamine groups is 1. The number of nitrogens with zero attached hydrogens (tertiary/aromatic N) is 1. The van der Waals surface area contributed by atoms with E-state index in [1.807, 2.05) is 30.3 Å². The van der Waals surface area contributed by atoms with Gasteiger partial charge >= 0.3 is 0 Å². The van der Waals surface area contributed by atoms with Crippen LogP contribution >= 0.6 is 0 Å². The lowest BCUT2D eigenvalue weighted by atomic mass is 10.2. The van der Waals surface area contributed by atoms with Crippen LogP contribution in [0.4, 0.5) is 0 Å². The summed E-state index contributed by atoms with van der Waals surface area (Å²) in [4.78, 5) is 4.80. The molecule has 0 N–H and O–H groups in total. The van der Waals surface area contributed by atoms with Gasteiger partial charge in [0.25, 0.3) is 0 Å². The maximum atomic E-state index is 10.4. The van der Waals surface area contributed by atoms with Crippen molar-refractivity contribution in [2.45, 2.75) is 6.23 Å². The van der Waals surface area contributed by atoms with Gasteiger partial charge in [0.05, 0.1) is 0 Å². The molecule has 0 aromatic heterocycles. The maximum Gasteiger partial charge on any atom is 0.228 e. The summed E-state index contributed by atoms with van der Waals surface area (Å²) >= 11 is 0. The Morgan fingerprint density at radius 2 is 1.92 bits per heavy atom. The Hall–Kier alpha value is -0.910. The smallest absolute Gasteiger partial charge is 0.228 e. The predicted molar refractivity (Wildman–Crippen MR) is 42.4 cm³/mol. The first kappa shape index (κ1) is 7.72. The molecule has 1 aliphatic heterocycles. The monoisotopic (exact) mass is 185 g/mol. The molecule has 2 rings (SSSR count). The van der Waals surface area contributed by atoms with E-state index in [0.29, 0.717) is 0 Å². The molecule has 1 saturated heterocycles. The van der Waals surface area contributed by atoms with Crippen LogP contribution < -0.4 is 0 Å². The highest BCUT2D eigenvalue weighted by Gasteiger charge is 2.40. The molecular weight excluding hydrogens is 178 g/mol. The molecule has 1 aromatic carbocycles. The minimum absolute atomic E-state index is 0.396. The summed E-state index contributed by atoms with van der Waals surface area (Å²) in [5, 5.41) is 0. The fraction of sp³-hybridized carbons (Fsp3) is 0.143. The predicted octanol–water partition coefficient (Wildman–Crippen LogP) is 0.459. The minimum atomic E-state index is -2.60. The molecule has 0 unspecified atom stereocenters. The van der Waals surface area contributed by atoms with Crippen molar-refractivity contribution in [2.24, 2.45) is 0 Å². The fourth-order valence-corrected chi connectivity index (χ4v) is 1.48. The van der Waals surface area contributed by atoms with Crippen molar-refractivity contribution in [3.8, 4) is 0 Å². The number of rotatable bonds is 2. The molecule has 0 aliphatic carbocycles. The number of hydrogen-bond donors (Lipinski definition) is 1. The van der Waals surface area contributed by atoms with Crippen molar-refractivity contribution in [2.75, 3.05) is 0 Å². The van der Waals surface area contributed by atoms with E-state index in [0.717, 1.165) is 10.0 Å². The van der Waals surface area contributed by atoms with E-state index in [1.165, 1.54) is 0 Å². The fourth-order valence-electron chi connectivity index (χ4n) is 1.01. The van der Waals surface area contributed by atoms with Crippen LogP contribution in [0.3, 0.4) is 0 Å². The quantitative estimate of drug-likeness (QED) is 0.538. The van der Waals surface area contributed by atoms with Gasteiger partial charge in [-0.05, 0) is 4.47 Å².